The number of nitrogens with one attached hydrogen (secondary N) is 2. The second kappa shape index (κ2) is 7.11. The van der Waals surface area contributed by atoms with E-state index in [0.717, 1.165) is 28.6 Å². The third-order valence-electron chi connectivity index (χ3n) is 3.28. The molecule has 2 N–H and O–H groups in total. The van der Waals surface area contributed by atoms with Crippen LogP contribution in [0.15, 0.2) is 28.0 Å². The number of carbonyl (C=O) groups is 1. The lowest BCUT2D eigenvalue weighted by molar-refractivity contribution is -0.113. The molecule has 2 rings (SSSR count). The van der Waals surface area contributed by atoms with Gasteiger partial charge in [-0.15, -0.1) is 0 Å². The Kier molecular flexibility index (Phi) is 5.19. The van der Waals surface area contributed by atoms with Gasteiger partial charge in [-0.05, 0) is 31.9 Å². The molecule has 1 aromatic heterocycles. The fourth-order valence-corrected chi connectivity index (χ4v) is 2.95. The molecule has 1 heterocycles. The van der Waals surface area contributed by atoms with Gasteiger partial charge in [0.15, 0.2) is 0 Å². The van der Waals surface area contributed by atoms with E-state index < -0.39 is 5.69 Å². The van der Waals surface area contributed by atoms with Gasteiger partial charge in [0.2, 0.25) is 5.91 Å². The third-order valence-corrected chi connectivity index (χ3v) is 4.26. The van der Waals surface area contributed by atoms with Gasteiger partial charge in [0.05, 0.1) is 5.75 Å². The molecule has 7 heteroatoms. The predicted molar refractivity (Wildman–Crippen MR) is 89.6 cm³/mol. The maximum absolute atomic E-state index is 12.1. The molecule has 118 valence electrons. The minimum absolute atomic E-state index is 0.0678. The maximum atomic E-state index is 12.1. The molecule has 0 saturated carbocycles. The zero-order valence-electron chi connectivity index (χ0n) is 13.1. The molecule has 0 unspecified atom stereocenters. The van der Waals surface area contributed by atoms with E-state index in [-0.39, 0.29) is 22.2 Å². The summed E-state index contributed by atoms with van der Waals surface area (Å²) >= 11 is 1.07. The highest BCUT2D eigenvalue weighted by atomic mass is 32.2. The zero-order valence-corrected chi connectivity index (χ0v) is 13.9. The summed E-state index contributed by atoms with van der Waals surface area (Å²) in [7, 11) is 0. The SMILES string of the molecule is Cc1cccc(C)c1NC(=O)CSc1nc(=O)[nH]c(C)c1C#N. The summed E-state index contributed by atoms with van der Waals surface area (Å²) < 4.78 is 0. The summed E-state index contributed by atoms with van der Waals surface area (Å²) in [5, 5.41) is 12.3. The third kappa shape index (κ3) is 3.99. The van der Waals surface area contributed by atoms with Gasteiger partial charge >= 0.3 is 5.69 Å². The highest BCUT2D eigenvalue weighted by Crippen LogP contribution is 2.22. The van der Waals surface area contributed by atoms with Crippen molar-refractivity contribution in [2.45, 2.75) is 25.8 Å². The molecule has 1 amide bonds. The number of carbonyl (C=O) groups excluding carboxylic acids is 1. The molecule has 0 atom stereocenters. The molecule has 0 saturated heterocycles. The number of para-hydroxylation sites is 1. The number of benzene rings is 1. The van der Waals surface area contributed by atoms with E-state index in [4.69, 9.17) is 5.26 Å². The second-order valence-electron chi connectivity index (χ2n) is 5.06. The van der Waals surface area contributed by atoms with E-state index in [1.807, 2.05) is 38.1 Å². The van der Waals surface area contributed by atoms with Gasteiger partial charge in [-0.1, -0.05) is 30.0 Å². The van der Waals surface area contributed by atoms with Crippen LogP contribution in [0.3, 0.4) is 0 Å². The number of H-pyrrole nitrogens is 1. The van der Waals surface area contributed by atoms with Crippen LogP contribution in [0, 0.1) is 32.1 Å². The van der Waals surface area contributed by atoms with Crippen molar-refractivity contribution < 1.29 is 4.79 Å². The fourth-order valence-electron chi connectivity index (χ4n) is 2.12. The van der Waals surface area contributed by atoms with E-state index in [1.54, 1.807) is 6.92 Å². The van der Waals surface area contributed by atoms with Crippen LogP contribution in [0.2, 0.25) is 0 Å². The summed E-state index contributed by atoms with van der Waals surface area (Å²) in [6, 6.07) is 7.77. The largest absolute Gasteiger partial charge is 0.346 e. The van der Waals surface area contributed by atoms with Gasteiger partial charge in [0, 0.05) is 11.4 Å². The molecule has 0 bridgehead atoms. The van der Waals surface area contributed by atoms with Crippen LogP contribution >= 0.6 is 11.8 Å². The van der Waals surface area contributed by atoms with E-state index in [9.17, 15) is 9.59 Å². The number of nitriles is 1. The van der Waals surface area contributed by atoms with E-state index in [2.05, 4.69) is 15.3 Å². The van der Waals surface area contributed by atoms with E-state index in [0.29, 0.717) is 5.69 Å². The quantitative estimate of drug-likeness (QED) is 0.663. The topological polar surface area (TPSA) is 98.6 Å². The van der Waals surface area contributed by atoms with Crippen LogP contribution in [0.1, 0.15) is 22.4 Å². The molecular weight excluding hydrogens is 312 g/mol. The number of aryl methyl sites for hydroxylation is 3. The maximum Gasteiger partial charge on any atom is 0.346 e. The lowest BCUT2D eigenvalue weighted by Crippen LogP contribution is -2.18. The summed E-state index contributed by atoms with van der Waals surface area (Å²) in [4.78, 5) is 29.8. The predicted octanol–water partition coefficient (Wildman–Crippen LogP) is 2.30. The van der Waals surface area contributed by atoms with Crippen LogP contribution < -0.4 is 11.0 Å². The number of hydrogen-bond acceptors (Lipinski definition) is 5. The fraction of sp³-hybridized carbons (Fsp3) is 0.250. The number of aromatic nitrogens is 2. The number of hydrogen-bond donors (Lipinski definition) is 2. The summed E-state index contributed by atoms with van der Waals surface area (Å²) in [6.45, 7) is 5.47. The molecule has 1 aromatic carbocycles. The number of aromatic amines is 1. The molecular formula is C16H16N4O2S. The first-order valence-corrected chi connectivity index (χ1v) is 7.91. The van der Waals surface area contributed by atoms with Crippen LogP contribution in [0.4, 0.5) is 5.69 Å². The Morgan fingerprint density at radius 2 is 2.00 bits per heavy atom. The molecule has 0 spiro atoms. The molecule has 2 aromatic rings. The first kappa shape index (κ1) is 16.8. The molecule has 0 aliphatic rings. The monoisotopic (exact) mass is 328 g/mol. The first-order chi connectivity index (χ1) is 10.9. The summed E-state index contributed by atoms with van der Waals surface area (Å²) in [6.07, 6.45) is 0. The molecule has 0 aliphatic carbocycles. The average Bonchev–Trinajstić information content (AvgIpc) is 2.48. The van der Waals surface area contributed by atoms with Gasteiger partial charge in [-0.3, -0.25) is 4.79 Å². The Hall–Kier alpha value is -2.59. The Labute approximate surface area is 138 Å². The average molecular weight is 328 g/mol. The number of rotatable bonds is 4. The zero-order chi connectivity index (χ0) is 17.0. The van der Waals surface area contributed by atoms with Crippen LogP contribution in [0.5, 0.6) is 0 Å². The lowest BCUT2D eigenvalue weighted by atomic mass is 10.1. The van der Waals surface area contributed by atoms with Crippen molar-refractivity contribution in [2.75, 3.05) is 11.1 Å². The van der Waals surface area contributed by atoms with Crippen molar-refractivity contribution in [3.05, 3.63) is 51.1 Å². The molecule has 23 heavy (non-hydrogen) atoms. The molecule has 0 fully saturated rings. The van der Waals surface area contributed by atoms with Crippen molar-refractivity contribution >= 4 is 23.4 Å². The number of thioether (sulfide) groups is 1. The van der Waals surface area contributed by atoms with E-state index in [1.165, 1.54) is 0 Å². The van der Waals surface area contributed by atoms with Crippen LogP contribution in [0.25, 0.3) is 0 Å². The van der Waals surface area contributed by atoms with Crippen LogP contribution in [-0.4, -0.2) is 21.6 Å². The number of amides is 1. The Morgan fingerprint density at radius 1 is 1.35 bits per heavy atom. The smallest absolute Gasteiger partial charge is 0.325 e. The Morgan fingerprint density at radius 3 is 2.61 bits per heavy atom. The molecule has 0 aliphatic heterocycles. The van der Waals surface area contributed by atoms with Crippen LogP contribution in [-0.2, 0) is 4.79 Å². The van der Waals surface area contributed by atoms with Crippen molar-refractivity contribution in [3.63, 3.8) is 0 Å². The van der Waals surface area contributed by atoms with Gasteiger partial charge in [0.25, 0.3) is 0 Å². The van der Waals surface area contributed by atoms with Gasteiger partial charge in [-0.25, -0.2) is 4.79 Å². The van der Waals surface area contributed by atoms with E-state index >= 15 is 0 Å². The van der Waals surface area contributed by atoms with Crippen molar-refractivity contribution in [3.8, 4) is 6.07 Å². The molecule has 6 nitrogen and oxygen atoms in total. The van der Waals surface area contributed by atoms with Gasteiger partial charge in [0.1, 0.15) is 16.7 Å². The first-order valence-electron chi connectivity index (χ1n) is 6.92. The summed E-state index contributed by atoms with van der Waals surface area (Å²) in [5.41, 5.74) is 2.95. The lowest BCUT2D eigenvalue weighted by Gasteiger charge is -2.11. The second-order valence-corrected chi connectivity index (χ2v) is 6.03. The molecule has 0 radical (unpaired) electrons. The Balaban J connectivity index is 2.12. The number of nitrogens with zero attached hydrogens (tertiary/aromatic N) is 2. The Bertz CT molecular complexity index is 832. The highest BCUT2D eigenvalue weighted by molar-refractivity contribution is 8.00. The minimum Gasteiger partial charge on any atom is -0.325 e. The summed E-state index contributed by atoms with van der Waals surface area (Å²) in [5.74, 6) is -0.144. The van der Waals surface area contributed by atoms with Gasteiger partial charge in [-0.2, -0.15) is 10.2 Å². The standard InChI is InChI=1S/C16H16N4O2S/c1-9-5-4-6-10(2)14(9)19-13(21)8-23-15-12(7-17)11(3)18-16(22)20-15/h4-6H,8H2,1-3H3,(H,19,21)(H,18,20,22). The normalized spacial score (nSPS) is 10.2. The van der Waals surface area contributed by atoms with Crippen molar-refractivity contribution in [2.24, 2.45) is 0 Å². The highest BCUT2D eigenvalue weighted by Gasteiger charge is 2.13. The van der Waals surface area contributed by atoms with Crippen molar-refractivity contribution in [1.29, 1.82) is 5.26 Å². The number of anilines is 1. The van der Waals surface area contributed by atoms with Gasteiger partial charge < -0.3 is 10.3 Å². The minimum atomic E-state index is -0.529. The van der Waals surface area contributed by atoms with Crippen molar-refractivity contribution in [1.82, 2.24) is 9.97 Å².